The van der Waals surface area contributed by atoms with Crippen molar-refractivity contribution in [3.05, 3.63) is 95.0 Å². The third kappa shape index (κ3) is 7.36. The molecule has 2 amide bonds. The van der Waals surface area contributed by atoms with Crippen LogP contribution in [0.1, 0.15) is 37.8 Å². The molecule has 0 aliphatic rings. The van der Waals surface area contributed by atoms with Crippen LogP contribution in [0.3, 0.4) is 0 Å². The van der Waals surface area contributed by atoms with Gasteiger partial charge in [0.2, 0.25) is 11.8 Å². The van der Waals surface area contributed by atoms with Crippen LogP contribution in [-0.4, -0.2) is 44.3 Å². The molecule has 0 aliphatic heterocycles. The number of carbonyl (C=O) groups is 2. The van der Waals surface area contributed by atoms with Gasteiger partial charge in [-0.2, -0.15) is 0 Å². The first kappa shape index (κ1) is 29.2. The zero-order valence-electron chi connectivity index (χ0n) is 21.9. The summed E-state index contributed by atoms with van der Waals surface area (Å²) in [4.78, 5) is 28.3. The summed E-state index contributed by atoms with van der Waals surface area (Å²) in [5.74, 6) is -0.821. The molecule has 7 nitrogen and oxygen atoms in total. The number of para-hydroxylation sites is 1. The number of carbonyl (C=O) groups excluding carboxylic acids is 2. The average Bonchev–Trinajstić information content (AvgIpc) is 2.91. The van der Waals surface area contributed by atoms with Gasteiger partial charge in [-0.25, -0.2) is 8.42 Å². The topological polar surface area (TPSA) is 86.8 Å². The lowest BCUT2D eigenvalue weighted by atomic mass is 10.1. The van der Waals surface area contributed by atoms with E-state index >= 15 is 0 Å². The van der Waals surface area contributed by atoms with Crippen molar-refractivity contribution < 1.29 is 18.0 Å². The Kier molecular flexibility index (Phi) is 10.3. The van der Waals surface area contributed by atoms with Gasteiger partial charge in [-0.15, -0.1) is 0 Å². The Balaban J connectivity index is 2.00. The summed E-state index contributed by atoms with van der Waals surface area (Å²) in [6.45, 7) is 5.74. The second kappa shape index (κ2) is 13.4. The van der Waals surface area contributed by atoms with Crippen molar-refractivity contribution in [1.82, 2.24) is 10.2 Å². The number of aryl methyl sites for hydroxylation is 1. The maximum Gasteiger partial charge on any atom is 0.264 e. The number of nitrogens with one attached hydrogen (secondary N) is 1. The van der Waals surface area contributed by atoms with Crippen LogP contribution in [-0.2, 0) is 26.2 Å². The number of hydrogen-bond donors (Lipinski definition) is 1. The van der Waals surface area contributed by atoms with E-state index in [1.807, 2.05) is 38.1 Å². The van der Waals surface area contributed by atoms with Crippen molar-refractivity contribution in [2.75, 3.05) is 17.4 Å². The number of amides is 2. The number of benzene rings is 3. The molecule has 0 saturated carbocycles. The Morgan fingerprint density at radius 1 is 0.974 bits per heavy atom. The molecule has 0 radical (unpaired) electrons. The van der Waals surface area contributed by atoms with Gasteiger partial charge in [0, 0.05) is 13.1 Å². The molecular weight excluding hydrogens is 522 g/mol. The van der Waals surface area contributed by atoms with Crippen LogP contribution in [0, 0.1) is 6.92 Å². The maximum atomic E-state index is 13.9. The van der Waals surface area contributed by atoms with Crippen LogP contribution in [0.2, 0.25) is 5.02 Å². The number of halogens is 1. The molecule has 3 aromatic rings. The monoisotopic (exact) mass is 555 g/mol. The molecule has 202 valence electrons. The van der Waals surface area contributed by atoms with Gasteiger partial charge in [0.25, 0.3) is 10.0 Å². The Labute approximate surface area is 230 Å². The van der Waals surface area contributed by atoms with Crippen LogP contribution in [0.5, 0.6) is 0 Å². The van der Waals surface area contributed by atoms with Crippen LogP contribution in [0.4, 0.5) is 5.69 Å². The first-order chi connectivity index (χ1) is 18.1. The molecule has 0 saturated heterocycles. The van der Waals surface area contributed by atoms with Crippen molar-refractivity contribution in [3.8, 4) is 0 Å². The molecule has 0 heterocycles. The van der Waals surface area contributed by atoms with Crippen LogP contribution >= 0.6 is 11.6 Å². The van der Waals surface area contributed by atoms with Gasteiger partial charge in [0.1, 0.15) is 12.6 Å². The third-order valence-electron chi connectivity index (χ3n) is 6.16. The van der Waals surface area contributed by atoms with E-state index < -0.39 is 28.5 Å². The van der Waals surface area contributed by atoms with Crippen molar-refractivity contribution >= 4 is 39.1 Å². The second-order valence-electron chi connectivity index (χ2n) is 9.11. The predicted octanol–water partition coefficient (Wildman–Crippen LogP) is 5.18. The molecule has 38 heavy (non-hydrogen) atoms. The molecule has 0 fully saturated rings. The van der Waals surface area contributed by atoms with E-state index in [1.165, 1.54) is 17.0 Å². The fourth-order valence-electron chi connectivity index (χ4n) is 4.01. The van der Waals surface area contributed by atoms with Gasteiger partial charge < -0.3 is 10.2 Å². The number of hydrogen-bond acceptors (Lipinski definition) is 4. The van der Waals surface area contributed by atoms with Crippen LogP contribution in [0.25, 0.3) is 0 Å². The summed E-state index contributed by atoms with van der Waals surface area (Å²) in [6, 6.07) is 21.2. The fraction of sp³-hybridized carbons (Fsp3) is 0.310. The summed E-state index contributed by atoms with van der Waals surface area (Å²) >= 11 is 6.41. The summed E-state index contributed by atoms with van der Waals surface area (Å²) < 4.78 is 28.5. The summed E-state index contributed by atoms with van der Waals surface area (Å²) in [7, 11) is -4.15. The van der Waals surface area contributed by atoms with E-state index in [-0.39, 0.29) is 28.1 Å². The van der Waals surface area contributed by atoms with Crippen molar-refractivity contribution in [1.29, 1.82) is 0 Å². The highest BCUT2D eigenvalue weighted by Crippen LogP contribution is 2.30. The minimum absolute atomic E-state index is 0.0308. The van der Waals surface area contributed by atoms with Gasteiger partial charge in [0.05, 0.1) is 15.6 Å². The van der Waals surface area contributed by atoms with Crippen LogP contribution in [0.15, 0.2) is 83.8 Å². The molecular formula is C29H34ClN3O4S. The number of unbranched alkanes of at least 4 members (excludes halogenated alkanes) is 1. The zero-order valence-corrected chi connectivity index (χ0v) is 23.5. The second-order valence-corrected chi connectivity index (χ2v) is 11.4. The molecule has 0 spiro atoms. The molecule has 0 aliphatic carbocycles. The largest absolute Gasteiger partial charge is 0.354 e. The van der Waals surface area contributed by atoms with Crippen molar-refractivity contribution in [2.45, 2.75) is 51.1 Å². The highest BCUT2D eigenvalue weighted by molar-refractivity contribution is 7.92. The molecule has 0 unspecified atom stereocenters. The molecule has 3 aromatic carbocycles. The number of rotatable bonds is 12. The van der Waals surface area contributed by atoms with Crippen molar-refractivity contribution in [3.63, 3.8) is 0 Å². The maximum absolute atomic E-state index is 13.9. The molecule has 3 rings (SSSR count). The highest BCUT2D eigenvalue weighted by Gasteiger charge is 2.33. The Hall–Kier alpha value is -3.36. The van der Waals surface area contributed by atoms with E-state index in [0.29, 0.717) is 6.54 Å². The van der Waals surface area contributed by atoms with E-state index in [1.54, 1.807) is 49.4 Å². The number of anilines is 1. The zero-order chi connectivity index (χ0) is 27.7. The molecule has 0 bridgehead atoms. The van der Waals surface area contributed by atoms with E-state index in [2.05, 4.69) is 5.32 Å². The summed E-state index contributed by atoms with van der Waals surface area (Å²) in [6.07, 6.45) is 1.74. The Morgan fingerprint density at radius 2 is 1.66 bits per heavy atom. The third-order valence-corrected chi connectivity index (χ3v) is 8.26. The van der Waals surface area contributed by atoms with E-state index in [4.69, 9.17) is 11.6 Å². The predicted molar refractivity (Wildman–Crippen MR) is 152 cm³/mol. The first-order valence-electron chi connectivity index (χ1n) is 12.6. The summed E-state index contributed by atoms with van der Waals surface area (Å²) in [5, 5.41) is 3.07. The SMILES string of the molecule is CCCCNC(=O)[C@H](C)N(Cc1cccc(C)c1)C(=O)CN(c1ccccc1Cl)S(=O)(=O)c1ccccc1. The standard InChI is InChI=1S/C29H34ClN3O4S/c1-4-5-18-31-29(35)23(3)32(20-24-13-11-12-22(2)19-24)28(34)21-33(27-17-10-9-16-26(27)30)38(36,37)25-14-7-6-8-15-25/h6-17,19,23H,4-5,18,20-21H2,1-3H3,(H,31,35)/t23-/m0/s1. The molecule has 1 N–H and O–H groups in total. The quantitative estimate of drug-likeness (QED) is 0.312. The number of nitrogens with zero attached hydrogens (tertiary/aromatic N) is 2. The first-order valence-corrected chi connectivity index (χ1v) is 14.4. The van der Waals surface area contributed by atoms with Gasteiger partial charge >= 0.3 is 0 Å². The fourth-order valence-corrected chi connectivity index (χ4v) is 5.75. The lowest BCUT2D eigenvalue weighted by Crippen LogP contribution is -2.51. The normalized spacial score (nSPS) is 12.0. The lowest BCUT2D eigenvalue weighted by Gasteiger charge is -2.32. The van der Waals surface area contributed by atoms with Crippen LogP contribution < -0.4 is 9.62 Å². The Morgan fingerprint density at radius 3 is 2.32 bits per heavy atom. The average molecular weight is 556 g/mol. The van der Waals surface area contributed by atoms with E-state index in [9.17, 15) is 18.0 Å². The number of sulfonamides is 1. The lowest BCUT2D eigenvalue weighted by molar-refractivity contribution is -0.139. The van der Waals surface area contributed by atoms with E-state index in [0.717, 1.165) is 28.3 Å². The minimum atomic E-state index is -4.15. The molecule has 9 heteroatoms. The smallest absolute Gasteiger partial charge is 0.264 e. The molecule has 1 atom stereocenters. The minimum Gasteiger partial charge on any atom is -0.354 e. The van der Waals surface area contributed by atoms with Gasteiger partial charge in [0.15, 0.2) is 0 Å². The van der Waals surface area contributed by atoms with Gasteiger partial charge in [-0.3, -0.25) is 13.9 Å². The Bertz CT molecular complexity index is 1350. The molecule has 0 aromatic heterocycles. The van der Waals surface area contributed by atoms with Gasteiger partial charge in [-0.1, -0.05) is 85.1 Å². The van der Waals surface area contributed by atoms with Gasteiger partial charge in [-0.05, 0) is 50.1 Å². The van der Waals surface area contributed by atoms with Crippen molar-refractivity contribution in [2.24, 2.45) is 0 Å². The highest BCUT2D eigenvalue weighted by atomic mass is 35.5. The summed E-state index contributed by atoms with van der Waals surface area (Å²) in [5.41, 5.74) is 2.03.